The molecular weight excluding hydrogens is 358 g/mol. The van der Waals surface area contributed by atoms with Crippen LogP contribution < -0.4 is 0 Å². The van der Waals surface area contributed by atoms with Crippen molar-refractivity contribution in [3.63, 3.8) is 0 Å². The minimum Gasteiger partial charge on any atom is -0.323 e. The van der Waals surface area contributed by atoms with Crippen LogP contribution in [-0.4, -0.2) is 20.4 Å². The normalized spacial score (nSPS) is 11.3. The Bertz CT molecular complexity index is 750. The lowest BCUT2D eigenvalue weighted by molar-refractivity contribution is 0.762. The number of nitrogens with zero attached hydrogens (tertiary/aromatic N) is 3. The Morgan fingerprint density at radius 2 is 2.25 bits per heavy atom. The van der Waals surface area contributed by atoms with Crippen LogP contribution in [0.15, 0.2) is 28.9 Å². The molecule has 0 atom stereocenters. The molecule has 0 amide bonds. The average Bonchev–Trinajstić information content (AvgIpc) is 2.96. The molecule has 0 N–H and O–H groups in total. The summed E-state index contributed by atoms with van der Waals surface area (Å²) in [6, 6.07) is 6.15. The molecule has 3 rings (SSSR count). The van der Waals surface area contributed by atoms with Crippen LogP contribution in [0.3, 0.4) is 0 Å². The van der Waals surface area contributed by atoms with E-state index in [2.05, 4.69) is 36.5 Å². The third kappa shape index (κ3) is 2.75. The summed E-state index contributed by atoms with van der Waals surface area (Å²) in [7, 11) is 0. The molecule has 104 valence electrons. The summed E-state index contributed by atoms with van der Waals surface area (Å²) in [5.74, 6) is 1.60. The molecule has 0 aliphatic carbocycles. The fraction of sp³-hybridized carbons (Fsp3) is 0.286. The molecule has 0 aliphatic rings. The third-order valence-corrected chi connectivity index (χ3v) is 4.67. The van der Waals surface area contributed by atoms with Gasteiger partial charge in [-0.15, -0.1) is 22.9 Å². The first-order valence-electron chi connectivity index (χ1n) is 6.29. The van der Waals surface area contributed by atoms with Crippen molar-refractivity contribution in [1.29, 1.82) is 0 Å². The average molecular weight is 371 g/mol. The summed E-state index contributed by atoms with van der Waals surface area (Å²) < 4.78 is 3.29. The zero-order chi connectivity index (χ0) is 14.1. The fourth-order valence-electron chi connectivity index (χ4n) is 2.23. The Labute approximate surface area is 134 Å². The van der Waals surface area contributed by atoms with Gasteiger partial charge in [0, 0.05) is 27.8 Å². The van der Waals surface area contributed by atoms with E-state index in [9.17, 15) is 0 Å². The minimum absolute atomic E-state index is 0.576. The molecule has 0 bridgehead atoms. The first-order valence-corrected chi connectivity index (χ1v) is 8.43. The van der Waals surface area contributed by atoms with Gasteiger partial charge in [-0.05, 0) is 25.1 Å². The Kier molecular flexibility index (Phi) is 4.10. The number of hydrogen-bond donors (Lipinski definition) is 0. The van der Waals surface area contributed by atoms with Crippen LogP contribution in [0.25, 0.3) is 11.0 Å². The van der Waals surface area contributed by atoms with E-state index >= 15 is 0 Å². The zero-order valence-electron chi connectivity index (χ0n) is 10.9. The summed E-state index contributed by atoms with van der Waals surface area (Å²) in [6.07, 6.45) is 2.71. The molecule has 0 saturated heterocycles. The van der Waals surface area contributed by atoms with E-state index in [0.29, 0.717) is 5.88 Å². The van der Waals surface area contributed by atoms with Crippen molar-refractivity contribution < 1.29 is 0 Å². The summed E-state index contributed by atoms with van der Waals surface area (Å²) in [4.78, 5) is 10.2. The number of benzene rings is 1. The van der Waals surface area contributed by atoms with Crippen LogP contribution in [0.1, 0.15) is 15.7 Å². The number of halogens is 2. The molecule has 2 aromatic heterocycles. The van der Waals surface area contributed by atoms with Crippen molar-refractivity contribution in [1.82, 2.24) is 14.5 Å². The maximum atomic E-state index is 5.90. The molecule has 0 saturated carbocycles. The largest absolute Gasteiger partial charge is 0.323 e. The number of aromatic nitrogens is 3. The molecule has 20 heavy (non-hydrogen) atoms. The molecule has 0 radical (unpaired) electrons. The number of aryl methyl sites for hydroxylation is 2. The second-order valence-corrected chi connectivity index (χ2v) is 7.14. The van der Waals surface area contributed by atoms with Crippen LogP contribution in [0, 0.1) is 6.92 Å². The van der Waals surface area contributed by atoms with Crippen LogP contribution >= 0.6 is 38.9 Å². The Morgan fingerprint density at radius 1 is 1.40 bits per heavy atom. The fourth-order valence-corrected chi connectivity index (χ4v) is 3.53. The SMILES string of the molecule is Cc1ncc(Cn2c(CCCl)nc3ccc(Br)cc32)s1. The predicted molar refractivity (Wildman–Crippen MR) is 87.8 cm³/mol. The highest BCUT2D eigenvalue weighted by Gasteiger charge is 2.12. The third-order valence-electron chi connectivity index (χ3n) is 3.09. The molecule has 3 nitrogen and oxygen atoms in total. The van der Waals surface area contributed by atoms with Crippen molar-refractivity contribution in [2.45, 2.75) is 19.9 Å². The topological polar surface area (TPSA) is 30.7 Å². The second kappa shape index (κ2) is 5.84. The highest BCUT2D eigenvalue weighted by atomic mass is 79.9. The lowest BCUT2D eigenvalue weighted by Gasteiger charge is -2.06. The van der Waals surface area contributed by atoms with Gasteiger partial charge >= 0.3 is 0 Å². The maximum absolute atomic E-state index is 5.90. The first-order chi connectivity index (χ1) is 9.67. The van der Waals surface area contributed by atoms with E-state index < -0.39 is 0 Å². The summed E-state index contributed by atoms with van der Waals surface area (Å²) in [6.45, 7) is 2.82. The van der Waals surface area contributed by atoms with Crippen molar-refractivity contribution in [2.75, 3.05) is 5.88 Å². The van der Waals surface area contributed by atoms with Gasteiger partial charge in [-0.3, -0.25) is 0 Å². The summed E-state index contributed by atoms with van der Waals surface area (Å²) in [5.41, 5.74) is 2.14. The van der Waals surface area contributed by atoms with Gasteiger partial charge in [0.05, 0.1) is 22.6 Å². The molecule has 2 heterocycles. The Balaban J connectivity index is 2.09. The smallest absolute Gasteiger partial charge is 0.111 e. The van der Waals surface area contributed by atoms with Gasteiger partial charge in [-0.25, -0.2) is 9.97 Å². The molecule has 3 aromatic rings. The number of imidazole rings is 1. The molecule has 0 spiro atoms. The van der Waals surface area contributed by atoms with Crippen LogP contribution in [0.2, 0.25) is 0 Å². The van der Waals surface area contributed by atoms with Gasteiger partial charge in [0.25, 0.3) is 0 Å². The Hall–Kier alpha value is -0.910. The van der Waals surface area contributed by atoms with Crippen LogP contribution in [0.5, 0.6) is 0 Å². The van der Waals surface area contributed by atoms with Gasteiger partial charge in [-0.2, -0.15) is 0 Å². The van der Waals surface area contributed by atoms with Crippen molar-refractivity contribution >= 4 is 49.9 Å². The highest BCUT2D eigenvalue weighted by molar-refractivity contribution is 9.10. The van der Waals surface area contributed by atoms with Crippen LogP contribution in [-0.2, 0) is 13.0 Å². The van der Waals surface area contributed by atoms with E-state index in [1.54, 1.807) is 11.3 Å². The lowest BCUT2D eigenvalue weighted by Crippen LogP contribution is -2.05. The van der Waals surface area contributed by atoms with Crippen molar-refractivity contribution in [3.8, 4) is 0 Å². The lowest BCUT2D eigenvalue weighted by atomic mass is 10.3. The van der Waals surface area contributed by atoms with E-state index in [4.69, 9.17) is 11.6 Å². The molecule has 1 aromatic carbocycles. The highest BCUT2D eigenvalue weighted by Crippen LogP contribution is 2.24. The predicted octanol–water partition coefficient (Wildman–Crippen LogP) is 4.39. The van der Waals surface area contributed by atoms with Gasteiger partial charge in [0.1, 0.15) is 5.82 Å². The zero-order valence-corrected chi connectivity index (χ0v) is 14.1. The Morgan fingerprint density at radius 3 is 2.95 bits per heavy atom. The van der Waals surface area contributed by atoms with Gasteiger partial charge in [-0.1, -0.05) is 15.9 Å². The van der Waals surface area contributed by atoms with Crippen molar-refractivity contribution in [2.24, 2.45) is 0 Å². The molecular formula is C14H13BrClN3S. The van der Waals surface area contributed by atoms with E-state index in [0.717, 1.165) is 39.3 Å². The van der Waals surface area contributed by atoms with E-state index in [-0.39, 0.29) is 0 Å². The standard InChI is InChI=1S/C14H13BrClN3S/c1-9-17-7-11(20-9)8-19-13-6-10(15)2-3-12(13)18-14(19)4-5-16/h2-3,6-7H,4-5,8H2,1H3. The number of hydrogen-bond acceptors (Lipinski definition) is 3. The number of rotatable bonds is 4. The van der Waals surface area contributed by atoms with E-state index in [1.807, 2.05) is 25.3 Å². The monoisotopic (exact) mass is 369 g/mol. The summed E-state index contributed by atoms with van der Waals surface area (Å²) >= 11 is 11.2. The van der Waals surface area contributed by atoms with Crippen molar-refractivity contribution in [3.05, 3.63) is 44.6 Å². The maximum Gasteiger partial charge on any atom is 0.111 e. The van der Waals surface area contributed by atoms with E-state index in [1.165, 1.54) is 4.88 Å². The minimum atomic E-state index is 0.576. The molecule has 0 unspecified atom stereocenters. The van der Waals surface area contributed by atoms with Crippen LogP contribution in [0.4, 0.5) is 0 Å². The summed E-state index contributed by atoms with van der Waals surface area (Å²) in [5, 5.41) is 1.09. The number of fused-ring (bicyclic) bond motifs is 1. The number of alkyl halides is 1. The molecule has 6 heteroatoms. The first kappa shape index (κ1) is 14.0. The second-order valence-electron chi connectivity index (χ2n) is 4.53. The number of thiazole rings is 1. The molecule has 0 fully saturated rings. The molecule has 0 aliphatic heterocycles. The quantitative estimate of drug-likeness (QED) is 0.638. The van der Waals surface area contributed by atoms with Gasteiger partial charge in [0.15, 0.2) is 0 Å². The van der Waals surface area contributed by atoms with Gasteiger partial charge < -0.3 is 4.57 Å². The van der Waals surface area contributed by atoms with Gasteiger partial charge in [0.2, 0.25) is 0 Å².